The molecule has 0 spiro atoms. The van der Waals surface area contributed by atoms with E-state index in [0.717, 1.165) is 31.9 Å². The second-order valence-corrected chi connectivity index (χ2v) is 20.2. The monoisotopic (exact) mass is 1140 g/mol. The first-order valence-electron chi connectivity index (χ1n) is 24.2. The summed E-state index contributed by atoms with van der Waals surface area (Å²) in [5, 5.41) is 129. The van der Waals surface area contributed by atoms with Crippen LogP contribution in [0.15, 0.2) is 10.1 Å². The third-order valence-electron chi connectivity index (χ3n) is 13.0. The van der Waals surface area contributed by atoms with Gasteiger partial charge in [0.25, 0.3) is 17.4 Å². The van der Waals surface area contributed by atoms with Crippen molar-refractivity contribution in [1.29, 1.82) is 0 Å². The van der Waals surface area contributed by atoms with E-state index in [2.05, 4.69) is 31.5 Å². The summed E-state index contributed by atoms with van der Waals surface area (Å²) in [6, 6.07) is -5.04. The maximum Gasteiger partial charge on any atom is 0.364 e. The van der Waals surface area contributed by atoms with Gasteiger partial charge in [0.1, 0.15) is 30.5 Å². The molecule has 0 aromatic heterocycles. The van der Waals surface area contributed by atoms with Crippen molar-refractivity contribution in [3.8, 4) is 0 Å². The average Bonchev–Trinajstić information content (AvgIpc) is 3.64. The van der Waals surface area contributed by atoms with Gasteiger partial charge in [-0.1, -0.05) is 0 Å². The number of nitrogens with one attached hydrogen (secondary N) is 4. The molecule has 33 nitrogen and oxygen atoms in total. The number of rotatable bonds is 27. The molecular formula is C44H68N8O25S. The van der Waals surface area contributed by atoms with E-state index in [9.17, 15) is 99.3 Å². The van der Waals surface area contributed by atoms with Crippen LogP contribution in [-0.2, 0) is 66.8 Å². The van der Waals surface area contributed by atoms with Gasteiger partial charge >= 0.3 is 17.9 Å². The molecule has 0 radical (unpaired) electrons. The van der Waals surface area contributed by atoms with Crippen LogP contribution >= 0.6 is 11.8 Å². The minimum absolute atomic E-state index is 0.0902. The second-order valence-electron chi connectivity index (χ2n) is 18.8. The summed E-state index contributed by atoms with van der Waals surface area (Å²) >= 11 is 1.26. The fraction of sp³-hybridized carbons (Fsp3) is 0.750. The maximum absolute atomic E-state index is 13.1. The van der Waals surface area contributed by atoms with Crippen molar-refractivity contribution in [1.82, 2.24) is 26.3 Å². The Labute approximate surface area is 447 Å². The molecule has 0 aliphatic carbocycles. The number of carbonyl (C=O) groups is 9. The standard InChI is InChI=1S/C44H68N8O25S/c1-18(55)48-31-23(59)12-43(40(68)69,74-25(31)14-47-51-29(61)7-8-52-30(62)10-27(38(52)65)78-9-5-6-28(45)46-4)73-17-21(15-53)34(63)36-33(50-20(3)57)24(60)13-44(77-36,41(70)71)75-26(16-54)35(64)37-32(49-19(2)56)22(58)11-42(72,76-37)39(66)67/h14,21-27,31-37,53-54,58-60,63-64,72H,5-13,15-17H2,1-4H3,(H2,45,46)(H,48,55)(H,49,56)(H,50,57)(H,51,61)(H,66,67)(H,68,69)(H,70,71)/b47-14-. The number of imide groups is 1. The highest BCUT2D eigenvalue weighted by Gasteiger charge is 2.60. The van der Waals surface area contributed by atoms with Crippen LogP contribution in [0.5, 0.6) is 0 Å². The molecule has 17 atom stereocenters. The van der Waals surface area contributed by atoms with Gasteiger partial charge in [0, 0.05) is 78.8 Å². The molecule has 0 aromatic carbocycles. The number of carbonyl (C=O) groups excluding carboxylic acids is 6. The molecule has 17 N–H and O–H groups in total. The number of nitrogens with two attached hydrogens (primary N) is 1. The van der Waals surface area contributed by atoms with Crippen molar-refractivity contribution in [3.63, 3.8) is 0 Å². The summed E-state index contributed by atoms with van der Waals surface area (Å²) < 4.78 is 28.0. The van der Waals surface area contributed by atoms with Crippen molar-refractivity contribution in [3.05, 3.63) is 0 Å². The van der Waals surface area contributed by atoms with Gasteiger partial charge in [0.15, 0.2) is 0 Å². The summed E-state index contributed by atoms with van der Waals surface area (Å²) in [5.74, 6) is -20.9. The Balaban J connectivity index is 1.55. The molecule has 17 unspecified atom stereocenters. The molecule has 4 rings (SSSR count). The summed E-state index contributed by atoms with van der Waals surface area (Å²) in [4.78, 5) is 118. The average molecular weight is 1140 g/mol. The largest absolute Gasteiger partial charge is 0.477 e. The Morgan fingerprint density at radius 1 is 0.795 bits per heavy atom. The fourth-order valence-electron chi connectivity index (χ4n) is 9.02. The number of amides is 6. The minimum Gasteiger partial charge on any atom is -0.477 e. The lowest BCUT2D eigenvalue weighted by atomic mass is 9.85. The molecular weight excluding hydrogens is 1070 g/mol. The molecule has 4 aliphatic heterocycles. The van der Waals surface area contributed by atoms with E-state index in [1.54, 1.807) is 7.05 Å². The van der Waals surface area contributed by atoms with E-state index in [1.807, 2.05) is 0 Å². The Bertz CT molecular complexity index is 2270. The molecule has 4 heterocycles. The van der Waals surface area contributed by atoms with Crippen LogP contribution in [-0.4, -0.2) is 261 Å². The number of amidine groups is 1. The fourth-order valence-corrected chi connectivity index (χ4v) is 10.1. The zero-order valence-electron chi connectivity index (χ0n) is 42.6. The second kappa shape index (κ2) is 28.0. The molecule has 6 amide bonds. The molecule has 0 saturated carbocycles. The van der Waals surface area contributed by atoms with Gasteiger partial charge in [-0.3, -0.25) is 38.7 Å². The van der Waals surface area contributed by atoms with Gasteiger partial charge in [0.05, 0.1) is 79.7 Å². The first kappa shape index (κ1) is 64.9. The van der Waals surface area contributed by atoms with Crippen LogP contribution in [0, 0.1) is 5.92 Å². The van der Waals surface area contributed by atoms with Gasteiger partial charge in [0.2, 0.25) is 35.4 Å². The zero-order valence-corrected chi connectivity index (χ0v) is 43.4. The molecule has 0 bridgehead atoms. The van der Waals surface area contributed by atoms with E-state index in [-0.39, 0.29) is 13.0 Å². The van der Waals surface area contributed by atoms with E-state index in [4.69, 9.17) is 29.4 Å². The van der Waals surface area contributed by atoms with Crippen molar-refractivity contribution < 1.29 is 123 Å². The number of aliphatic hydroxyl groups excluding tert-OH is 7. The Hall–Kier alpha value is -5.60. The lowest BCUT2D eigenvalue weighted by Gasteiger charge is -2.49. The zero-order chi connectivity index (χ0) is 58.6. The predicted octanol–water partition coefficient (Wildman–Crippen LogP) is -7.87. The van der Waals surface area contributed by atoms with Crippen LogP contribution in [0.1, 0.15) is 65.7 Å². The number of aliphatic imine (C=N–C) groups is 1. The van der Waals surface area contributed by atoms with E-state index < -0.39 is 200 Å². The lowest BCUT2D eigenvalue weighted by molar-refractivity contribution is -0.343. The number of aliphatic hydroxyl groups is 8. The first-order chi connectivity index (χ1) is 36.5. The number of hydrogen-bond acceptors (Lipinski definition) is 25. The molecule has 34 heteroatoms. The number of hydrazone groups is 1. The van der Waals surface area contributed by atoms with Crippen LogP contribution in [0.25, 0.3) is 0 Å². The topological polar surface area (TPSA) is 524 Å². The molecule has 4 saturated heterocycles. The lowest BCUT2D eigenvalue weighted by Crippen LogP contribution is -2.70. The van der Waals surface area contributed by atoms with Crippen LogP contribution in [0.3, 0.4) is 0 Å². The number of aliphatic carboxylic acids is 3. The predicted molar refractivity (Wildman–Crippen MR) is 259 cm³/mol. The molecule has 4 fully saturated rings. The molecule has 0 aromatic rings. The molecule has 440 valence electrons. The van der Waals surface area contributed by atoms with Crippen LogP contribution in [0.2, 0.25) is 0 Å². The Kier molecular flexibility index (Phi) is 23.3. The number of carboxylic acids is 3. The van der Waals surface area contributed by atoms with Gasteiger partial charge in [-0.25, -0.2) is 19.8 Å². The molecule has 4 aliphatic rings. The van der Waals surface area contributed by atoms with Crippen molar-refractivity contribution in [2.45, 2.75) is 161 Å². The maximum atomic E-state index is 13.1. The summed E-state index contributed by atoms with van der Waals surface area (Å²) in [7, 11) is 1.54. The number of likely N-dealkylation sites (tertiary alicyclic amines) is 1. The Morgan fingerprint density at radius 2 is 1.35 bits per heavy atom. The van der Waals surface area contributed by atoms with Crippen molar-refractivity contribution >= 4 is 77.2 Å². The van der Waals surface area contributed by atoms with E-state index >= 15 is 0 Å². The van der Waals surface area contributed by atoms with Gasteiger partial charge < -0.3 is 102 Å². The highest BCUT2D eigenvalue weighted by molar-refractivity contribution is 8.00. The minimum atomic E-state index is -3.29. The smallest absolute Gasteiger partial charge is 0.364 e. The third-order valence-corrected chi connectivity index (χ3v) is 14.3. The van der Waals surface area contributed by atoms with Gasteiger partial charge in [-0.05, 0) is 12.2 Å². The van der Waals surface area contributed by atoms with E-state index in [1.165, 1.54) is 11.8 Å². The molecule has 78 heavy (non-hydrogen) atoms. The summed E-state index contributed by atoms with van der Waals surface area (Å²) in [5.41, 5.74) is 7.81. The SMILES string of the molecule is CN=C(N)CCCSC1CC(=O)N(CCC(=O)N/N=C\C2OC(OCC(CO)C(O)C3OC(OC(CO)C(O)C4OC(O)(C(=O)O)CC(O)C4NC(C)=O)(C(=O)O)CC(O)C3NC(C)=O)(C(=O)O)CC(O)C2NC(C)=O)C1=O. The third kappa shape index (κ3) is 16.0. The first-order valence-corrected chi connectivity index (χ1v) is 25.2. The number of hydrogen-bond donors (Lipinski definition) is 16. The quantitative estimate of drug-likeness (QED) is 0.0119. The number of ether oxygens (including phenoxy) is 5. The summed E-state index contributed by atoms with van der Waals surface area (Å²) in [6.07, 6.45) is -21.1. The normalized spacial score (nSPS) is 33.1. The van der Waals surface area contributed by atoms with E-state index in [0.29, 0.717) is 24.4 Å². The highest BCUT2D eigenvalue weighted by atomic mass is 32.2. The van der Waals surface area contributed by atoms with Crippen LogP contribution < -0.4 is 27.1 Å². The summed E-state index contributed by atoms with van der Waals surface area (Å²) in [6.45, 7) is -1.09. The van der Waals surface area contributed by atoms with Crippen molar-refractivity contribution in [2.24, 2.45) is 21.7 Å². The Morgan fingerprint density at radius 3 is 1.88 bits per heavy atom. The van der Waals surface area contributed by atoms with Crippen LogP contribution in [0.4, 0.5) is 0 Å². The number of nitrogens with zero attached hydrogens (tertiary/aromatic N) is 3. The number of carboxylic acid groups (broad SMARTS) is 3. The van der Waals surface area contributed by atoms with Gasteiger partial charge in [-0.15, -0.1) is 11.8 Å². The number of thioether (sulfide) groups is 1. The highest BCUT2D eigenvalue weighted by Crippen LogP contribution is 2.39. The van der Waals surface area contributed by atoms with Crippen molar-refractivity contribution in [2.75, 3.05) is 39.2 Å². The van der Waals surface area contributed by atoms with Gasteiger partial charge in [-0.2, -0.15) is 5.10 Å².